The zero-order valence-corrected chi connectivity index (χ0v) is 11.1. The summed E-state index contributed by atoms with van der Waals surface area (Å²) in [6.07, 6.45) is 3.07. The molecule has 1 saturated carbocycles. The van der Waals surface area contributed by atoms with Gasteiger partial charge in [-0.3, -0.25) is 4.79 Å². The summed E-state index contributed by atoms with van der Waals surface area (Å²) in [5.74, 6) is -0.312. The molecular weight excluding hydrogens is 243 g/mol. The fraction of sp³-hybridized carbons (Fsp3) is 0.533. The number of aryl methyl sites for hydroxylation is 1. The Kier molecular flexibility index (Phi) is 3.05. The van der Waals surface area contributed by atoms with Crippen LogP contribution in [0, 0.1) is 24.1 Å². The van der Waals surface area contributed by atoms with Crippen LogP contribution in [0.1, 0.15) is 24.8 Å². The number of piperidine rings is 1. The summed E-state index contributed by atoms with van der Waals surface area (Å²) in [7, 11) is 0. The van der Waals surface area contributed by atoms with E-state index in [2.05, 4.69) is 10.6 Å². The van der Waals surface area contributed by atoms with E-state index in [1.165, 1.54) is 6.07 Å². The number of carbonyl (C=O) groups is 1. The molecule has 0 radical (unpaired) electrons. The molecule has 3 nitrogen and oxygen atoms in total. The molecule has 1 unspecified atom stereocenters. The van der Waals surface area contributed by atoms with Gasteiger partial charge in [0.2, 0.25) is 5.91 Å². The third-order valence-electron chi connectivity index (χ3n) is 4.49. The zero-order chi connectivity index (χ0) is 13.5. The second kappa shape index (κ2) is 4.60. The third kappa shape index (κ3) is 2.37. The Morgan fingerprint density at radius 1 is 1.42 bits per heavy atom. The summed E-state index contributed by atoms with van der Waals surface area (Å²) in [6.45, 7) is 3.81. The van der Waals surface area contributed by atoms with Gasteiger partial charge in [-0.25, -0.2) is 4.39 Å². The van der Waals surface area contributed by atoms with Crippen molar-refractivity contribution in [1.29, 1.82) is 0 Å². The van der Waals surface area contributed by atoms with Crippen LogP contribution in [0.5, 0.6) is 0 Å². The molecule has 0 aromatic heterocycles. The molecule has 1 aromatic rings. The number of hydrogen-bond donors (Lipinski definition) is 2. The van der Waals surface area contributed by atoms with Crippen molar-refractivity contribution in [2.24, 2.45) is 11.3 Å². The molecule has 2 fully saturated rings. The van der Waals surface area contributed by atoms with Gasteiger partial charge in [-0.15, -0.1) is 0 Å². The molecule has 2 aliphatic rings. The highest BCUT2D eigenvalue weighted by atomic mass is 19.1. The second-order valence-electron chi connectivity index (χ2n) is 5.84. The van der Waals surface area contributed by atoms with Gasteiger partial charge in [0, 0.05) is 5.92 Å². The van der Waals surface area contributed by atoms with Crippen LogP contribution in [0.2, 0.25) is 0 Å². The number of hydrogen-bond acceptors (Lipinski definition) is 2. The number of rotatable bonds is 2. The highest BCUT2D eigenvalue weighted by molar-refractivity contribution is 5.95. The number of nitrogens with one attached hydrogen (secondary N) is 2. The van der Waals surface area contributed by atoms with Crippen LogP contribution in [-0.2, 0) is 4.79 Å². The summed E-state index contributed by atoms with van der Waals surface area (Å²) >= 11 is 0. The molecular formula is C15H19FN2O. The average molecular weight is 262 g/mol. The molecule has 2 N–H and O–H groups in total. The van der Waals surface area contributed by atoms with Crippen molar-refractivity contribution in [2.45, 2.75) is 26.2 Å². The normalized spacial score (nSPS) is 24.2. The Morgan fingerprint density at radius 2 is 2.16 bits per heavy atom. The summed E-state index contributed by atoms with van der Waals surface area (Å²) in [4.78, 5) is 12.2. The Labute approximate surface area is 112 Å². The highest BCUT2D eigenvalue weighted by Gasteiger charge is 2.57. The average Bonchev–Trinajstić information content (AvgIpc) is 3.07. The maximum Gasteiger partial charge on any atom is 0.228 e. The lowest BCUT2D eigenvalue weighted by molar-refractivity contribution is -0.118. The number of carbonyl (C=O) groups excluding carboxylic acids is 1. The molecule has 1 amide bonds. The number of halogens is 1. The lowest BCUT2D eigenvalue weighted by atomic mass is 9.92. The standard InChI is InChI=1S/C15H19FN2O/c1-10-2-3-13(12(16)8-10)18-14(19)11-9-15(11)4-6-17-7-5-15/h2-3,8,11,17H,4-7,9H2,1H3,(H,18,19). The molecule has 0 bridgehead atoms. The van der Waals surface area contributed by atoms with Gasteiger partial charge in [-0.1, -0.05) is 6.07 Å². The summed E-state index contributed by atoms with van der Waals surface area (Å²) in [6, 6.07) is 4.90. The van der Waals surface area contributed by atoms with Gasteiger partial charge in [0.15, 0.2) is 0 Å². The minimum Gasteiger partial charge on any atom is -0.323 e. The van der Waals surface area contributed by atoms with E-state index in [-0.39, 0.29) is 23.1 Å². The van der Waals surface area contributed by atoms with Crippen LogP contribution in [0.3, 0.4) is 0 Å². The number of anilines is 1. The molecule has 1 aromatic carbocycles. The van der Waals surface area contributed by atoms with Crippen molar-refractivity contribution in [2.75, 3.05) is 18.4 Å². The summed E-state index contributed by atoms with van der Waals surface area (Å²) in [5.41, 5.74) is 1.35. The van der Waals surface area contributed by atoms with Gasteiger partial charge in [0.05, 0.1) is 5.69 Å². The van der Waals surface area contributed by atoms with Gasteiger partial charge in [0.1, 0.15) is 5.82 Å². The van der Waals surface area contributed by atoms with Gasteiger partial charge < -0.3 is 10.6 Å². The lowest BCUT2D eigenvalue weighted by Crippen LogP contribution is -2.31. The fourth-order valence-corrected chi connectivity index (χ4v) is 3.14. The van der Waals surface area contributed by atoms with E-state index in [0.717, 1.165) is 37.9 Å². The van der Waals surface area contributed by atoms with Crippen LogP contribution in [-0.4, -0.2) is 19.0 Å². The van der Waals surface area contributed by atoms with E-state index in [9.17, 15) is 9.18 Å². The molecule has 102 valence electrons. The maximum atomic E-state index is 13.7. The van der Waals surface area contributed by atoms with Crippen molar-refractivity contribution in [3.05, 3.63) is 29.6 Å². The van der Waals surface area contributed by atoms with Crippen LogP contribution < -0.4 is 10.6 Å². The minimum absolute atomic E-state index is 0.0235. The summed E-state index contributed by atoms with van der Waals surface area (Å²) in [5, 5.41) is 6.05. The second-order valence-corrected chi connectivity index (χ2v) is 5.84. The van der Waals surface area contributed by atoms with E-state index in [1.807, 2.05) is 13.0 Å². The molecule has 1 aliphatic carbocycles. The molecule has 3 rings (SSSR count). The highest BCUT2D eigenvalue weighted by Crippen LogP contribution is 2.58. The topological polar surface area (TPSA) is 41.1 Å². The van der Waals surface area contributed by atoms with Crippen molar-refractivity contribution in [3.8, 4) is 0 Å². The van der Waals surface area contributed by atoms with Crippen molar-refractivity contribution in [3.63, 3.8) is 0 Å². The Bertz CT molecular complexity index is 509. The number of benzene rings is 1. The maximum absolute atomic E-state index is 13.7. The molecule has 1 atom stereocenters. The van der Waals surface area contributed by atoms with Gasteiger partial charge in [-0.05, 0) is 62.4 Å². The number of amides is 1. The molecule has 1 heterocycles. The first-order valence-corrected chi connectivity index (χ1v) is 6.88. The van der Waals surface area contributed by atoms with Crippen LogP contribution >= 0.6 is 0 Å². The molecule has 4 heteroatoms. The van der Waals surface area contributed by atoms with Crippen molar-refractivity contribution in [1.82, 2.24) is 5.32 Å². The smallest absolute Gasteiger partial charge is 0.228 e. The quantitative estimate of drug-likeness (QED) is 0.859. The monoisotopic (exact) mass is 262 g/mol. The largest absolute Gasteiger partial charge is 0.323 e. The fourth-order valence-electron chi connectivity index (χ4n) is 3.14. The van der Waals surface area contributed by atoms with Crippen molar-refractivity contribution < 1.29 is 9.18 Å². The van der Waals surface area contributed by atoms with Gasteiger partial charge in [-0.2, -0.15) is 0 Å². The van der Waals surface area contributed by atoms with Crippen LogP contribution in [0.25, 0.3) is 0 Å². The lowest BCUT2D eigenvalue weighted by Gasteiger charge is -2.23. The molecule has 1 spiro atoms. The van der Waals surface area contributed by atoms with Gasteiger partial charge >= 0.3 is 0 Å². The SMILES string of the molecule is Cc1ccc(NC(=O)C2CC23CCNCC3)c(F)c1. The molecule has 1 aliphatic heterocycles. The van der Waals surface area contributed by atoms with E-state index in [1.54, 1.807) is 6.07 Å². The Balaban J connectivity index is 1.66. The third-order valence-corrected chi connectivity index (χ3v) is 4.49. The predicted molar refractivity (Wildman–Crippen MR) is 72.4 cm³/mol. The van der Waals surface area contributed by atoms with E-state index in [4.69, 9.17) is 0 Å². The first-order chi connectivity index (χ1) is 9.11. The zero-order valence-electron chi connectivity index (χ0n) is 11.1. The first-order valence-electron chi connectivity index (χ1n) is 6.88. The molecule has 19 heavy (non-hydrogen) atoms. The summed E-state index contributed by atoms with van der Waals surface area (Å²) < 4.78 is 13.7. The first kappa shape index (κ1) is 12.6. The van der Waals surface area contributed by atoms with Crippen molar-refractivity contribution >= 4 is 11.6 Å². The van der Waals surface area contributed by atoms with E-state index >= 15 is 0 Å². The van der Waals surface area contributed by atoms with E-state index in [0.29, 0.717) is 5.69 Å². The molecule has 1 saturated heterocycles. The minimum atomic E-state index is -0.353. The Hall–Kier alpha value is -1.42. The van der Waals surface area contributed by atoms with E-state index < -0.39 is 0 Å². The van der Waals surface area contributed by atoms with Crippen LogP contribution in [0.15, 0.2) is 18.2 Å². The van der Waals surface area contributed by atoms with Gasteiger partial charge in [0.25, 0.3) is 0 Å². The predicted octanol–water partition coefficient (Wildman–Crippen LogP) is 2.46. The Morgan fingerprint density at radius 3 is 2.84 bits per heavy atom. The van der Waals surface area contributed by atoms with Crippen LogP contribution in [0.4, 0.5) is 10.1 Å².